The number of hydrogen-bond acceptors (Lipinski definition) is 6. The molecule has 2 aromatic rings. The van der Waals surface area contributed by atoms with Gasteiger partial charge in [-0.1, -0.05) is 0 Å². The van der Waals surface area contributed by atoms with Gasteiger partial charge in [-0.25, -0.2) is 4.98 Å². The topological polar surface area (TPSA) is 84.1 Å². The van der Waals surface area contributed by atoms with E-state index in [4.69, 9.17) is 5.73 Å². The zero-order chi connectivity index (χ0) is 12.7. The molecule has 3 N–H and O–H groups in total. The Morgan fingerprint density at radius 2 is 2.33 bits per heavy atom. The first-order valence-electron chi connectivity index (χ1n) is 5.69. The molecule has 7 heteroatoms. The van der Waals surface area contributed by atoms with Crippen molar-refractivity contribution in [3.8, 4) is 0 Å². The SMILES string of the molecule is Cc1cc2c(N3CCNC(=O)C3)nc(N)nc2s1. The van der Waals surface area contributed by atoms with Crippen LogP contribution in [0.5, 0.6) is 0 Å². The number of fused-ring (bicyclic) bond motifs is 1. The summed E-state index contributed by atoms with van der Waals surface area (Å²) in [5, 5.41) is 3.77. The number of nitrogen functional groups attached to an aromatic ring is 1. The first-order chi connectivity index (χ1) is 8.63. The van der Waals surface area contributed by atoms with E-state index in [0.717, 1.165) is 27.5 Å². The summed E-state index contributed by atoms with van der Waals surface area (Å²) in [6.07, 6.45) is 0. The molecule has 6 nitrogen and oxygen atoms in total. The van der Waals surface area contributed by atoms with Crippen molar-refractivity contribution in [1.82, 2.24) is 15.3 Å². The van der Waals surface area contributed by atoms with E-state index in [1.165, 1.54) is 0 Å². The van der Waals surface area contributed by atoms with E-state index in [2.05, 4.69) is 15.3 Å². The molecule has 1 fully saturated rings. The molecule has 2 aromatic heterocycles. The van der Waals surface area contributed by atoms with Crippen LogP contribution in [0, 0.1) is 6.92 Å². The summed E-state index contributed by atoms with van der Waals surface area (Å²) in [4.78, 5) is 24.0. The number of nitrogens with zero attached hydrogens (tertiary/aromatic N) is 3. The number of amides is 1. The Morgan fingerprint density at radius 3 is 3.11 bits per heavy atom. The summed E-state index contributed by atoms with van der Waals surface area (Å²) in [6, 6.07) is 2.04. The average Bonchev–Trinajstić information content (AvgIpc) is 2.68. The Morgan fingerprint density at radius 1 is 1.50 bits per heavy atom. The Hall–Kier alpha value is -1.89. The summed E-state index contributed by atoms with van der Waals surface area (Å²) >= 11 is 1.59. The Labute approximate surface area is 108 Å². The van der Waals surface area contributed by atoms with Crippen LogP contribution in [0.1, 0.15) is 4.88 Å². The van der Waals surface area contributed by atoms with Crippen molar-refractivity contribution >= 4 is 39.2 Å². The maximum atomic E-state index is 11.4. The molecule has 1 aliphatic rings. The number of nitrogens with one attached hydrogen (secondary N) is 1. The van der Waals surface area contributed by atoms with Crippen molar-refractivity contribution in [2.24, 2.45) is 0 Å². The van der Waals surface area contributed by atoms with Crippen LogP contribution in [-0.4, -0.2) is 35.5 Å². The van der Waals surface area contributed by atoms with Crippen molar-refractivity contribution < 1.29 is 4.79 Å². The fourth-order valence-electron chi connectivity index (χ4n) is 2.10. The van der Waals surface area contributed by atoms with Crippen LogP contribution in [-0.2, 0) is 4.79 Å². The van der Waals surface area contributed by atoms with Gasteiger partial charge in [-0.15, -0.1) is 11.3 Å². The third-order valence-electron chi connectivity index (χ3n) is 2.85. The van der Waals surface area contributed by atoms with Crippen LogP contribution in [0.15, 0.2) is 6.07 Å². The van der Waals surface area contributed by atoms with Gasteiger partial charge in [-0.2, -0.15) is 4.98 Å². The van der Waals surface area contributed by atoms with Crippen molar-refractivity contribution in [3.05, 3.63) is 10.9 Å². The third-order valence-corrected chi connectivity index (χ3v) is 3.80. The Kier molecular flexibility index (Phi) is 2.55. The number of aromatic nitrogens is 2. The summed E-state index contributed by atoms with van der Waals surface area (Å²) in [5.74, 6) is 1.03. The van der Waals surface area contributed by atoms with Gasteiger partial charge in [-0.05, 0) is 13.0 Å². The molecule has 0 atom stereocenters. The minimum absolute atomic E-state index is 0.0125. The van der Waals surface area contributed by atoms with E-state index in [-0.39, 0.29) is 11.9 Å². The molecule has 0 unspecified atom stereocenters. The third kappa shape index (κ3) is 1.86. The highest BCUT2D eigenvalue weighted by Gasteiger charge is 2.21. The number of nitrogens with two attached hydrogens (primary N) is 1. The van der Waals surface area contributed by atoms with Gasteiger partial charge in [-0.3, -0.25) is 4.79 Å². The second-order valence-electron chi connectivity index (χ2n) is 4.25. The highest BCUT2D eigenvalue weighted by molar-refractivity contribution is 7.18. The molecule has 1 saturated heterocycles. The number of hydrogen-bond donors (Lipinski definition) is 2. The average molecular weight is 263 g/mol. The minimum Gasteiger partial charge on any atom is -0.368 e. The van der Waals surface area contributed by atoms with Crippen LogP contribution in [0.4, 0.5) is 11.8 Å². The van der Waals surface area contributed by atoms with Gasteiger partial charge in [0, 0.05) is 18.0 Å². The van der Waals surface area contributed by atoms with Crippen molar-refractivity contribution in [2.75, 3.05) is 30.3 Å². The van der Waals surface area contributed by atoms with Gasteiger partial charge in [0.05, 0.1) is 11.9 Å². The fourth-order valence-corrected chi connectivity index (χ4v) is 2.98. The summed E-state index contributed by atoms with van der Waals surface area (Å²) in [7, 11) is 0. The van der Waals surface area contributed by atoms with Gasteiger partial charge < -0.3 is 16.0 Å². The molecule has 3 heterocycles. The number of anilines is 2. The van der Waals surface area contributed by atoms with Crippen molar-refractivity contribution in [2.45, 2.75) is 6.92 Å². The molecule has 0 aliphatic carbocycles. The number of thiophene rings is 1. The van der Waals surface area contributed by atoms with E-state index >= 15 is 0 Å². The van der Waals surface area contributed by atoms with Crippen LogP contribution < -0.4 is 16.0 Å². The smallest absolute Gasteiger partial charge is 0.239 e. The summed E-state index contributed by atoms with van der Waals surface area (Å²) in [6.45, 7) is 3.72. The van der Waals surface area contributed by atoms with Crippen molar-refractivity contribution in [3.63, 3.8) is 0 Å². The Bertz CT molecular complexity index is 623. The second kappa shape index (κ2) is 4.09. The number of aryl methyl sites for hydroxylation is 1. The van der Waals surface area contributed by atoms with E-state index in [1.807, 2.05) is 17.9 Å². The molecule has 94 valence electrons. The van der Waals surface area contributed by atoms with E-state index in [1.54, 1.807) is 11.3 Å². The van der Waals surface area contributed by atoms with Crippen LogP contribution in [0.25, 0.3) is 10.2 Å². The lowest BCUT2D eigenvalue weighted by molar-refractivity contribution is -0.120. The fraction of sp³-hybridized carbons (Fsp3) is 0.364. The van der Waals surface area contributed by atoms with Gasteiger partial charge in [0.15, 0.2) is 0 Å². The standard InChI is InChI=1S/C11H13N5OS/c1-6-4-7-9(14-11(12)15-10(7)18-6)16-3-2-13-8(17)5-16/h4H,2-3,5H2,1H3,(H,13,17)(H2,12,14,15). The Balaban J connectivity index is 2.12. The first-order valence-corrected chi connectivity index (χ1v) is 6.50. The molecule has 0 spiro atoms. The van der Waals surface area contributed by atoms with Gasteiger partial charge >= 0.3 is 0 Å². The molecule has 0 aromatic carbocycles. The molecule has 0 saturated carbocycles. The lowest BCUT2D eigenvalue weighted by Gasteiger charge is -2.28. The number of carbonyl (C=O) groups excluding carboxylic acids is 1. The maximum absolute atomic E-state index is 11.4. The highest BCUT2D eigenvalue weighted by Crippen LogP contribution is 2.31. The molecular formula is C11H13N5OS. The molecule has 1 amide bonds. The van der Waals surface area contributed by atoms with E-state index in [0.29, 0.717) is 13.1 Å². The zero-order valence-corrected chi connectivity index (χ0v) is 10.8. The molecule has 1 aliphatic heterocycles. The van der Waals surface area contributed by atoms with E-state index < -0.39 is 0 Å². The largest absolute Gasteiger partial charge is 0.368 e. The number of rotatable bonds is 1. The normalized spacial score (nSPS) is 16.1. The predicted molar refractivity (Wildman–Crippen MR) is 71.8 cm³/mol. The lowest BCUT2D eigenvalue weighted by atomic mass is 10.3. The molecule has 18 heavy (non-hydrogen) atoms. The van der Waals surface area contributed by atoms with Gasteiger partial charge in [0.1, 0.15) is 10.6 Å². The molecular weight excluding hydrogens is 250 g/mol. The number of piperazine rings is 1. The molecule has 0 bridgehead atoms. The predicted octanol–water partition coefficient (Wildman–Crippen LogP) is 0.518. The van der Waals surface area contributed by atoms with Crippen molar-refractivity contribution in [1.29, 1.82) is 0 Å². The maximum Gasteiger partial charge on any atom is 0.239 e. The summed E-state index contributed by atoms with van der Waals surface area (Å²) in [5.41, 5.74) is 5.73. The van der Waals surface area contributed by atoms with Gasteiger partial charge in [0.2, 0.25) is 11.9 Å². The minimum atomic E-state index is 0.0125. The van der Waals surface area contributed by atoms with Crippen LogP contribution >= 0.6 is 11.3 Å². The number of carbonyl (C=O) groups is 1. The van der Waals surface area contributed by atoms with Gasteiger partial charge in [0.25, 0.3) is 0 Å². The van der Waals surface area contributed by atoms with E-state index in [9.17, 15) is 4.79 Å². The monoisotopic (exact) mass is 263 g/mol. The molecule has 0 radical (unpaired) electrons. The second-order valence-corrected chi connectivity index (χ2v) is 5.49. The lowest BCUT2D eigenvalue weighted by Crippen LogP contribution is -2.48. The summed E-state index contributed by atoms with van der Waals surface area (Å²) < 4.78 is 0. The van der Waals surface area contributed by atoms with Crippen LogP contribution in [0.2, 0.25) is 0 Å². The highest BCUT2D eigenvalue weighted by atomic mass is 32.1. The van der Waals surface area contributed by atoms with Crippen LogP contribution in [0.3, 0.4) is 0 Å². The first kappa shape index (κ1) is 11.2. The zero-order valence-electron chi connectivity index (χ0n) is 9.93. The quantitative estimate of drug-likeness (QED) is 0.783. The molecule has 3 rings (SSSR count).